The smallest absolute Gasteiger partial charge is 0.145 e. The van der Waals surface area contributed by atoms with Crippen LogP contribution in [-0.2, 0) is 4.74 Å². The van der Waals surface area contributed by atoms with Crippen LogP contribution in [0.5, 0.6) is 5.75 Å². The summed E-state index contributed by atoms with van der Waals surface area (Å²) in [6, 6.07) is 7.96. The third-order valence-electron chi connectivity index (χ3n) is 2.24. The summed E-state index contributed by atoms with van der Waals surface area (Å²) < 4.78 is 10.7. The van der Waals surface area contributed by atoms with Gasteiger partial charge in [-0.15, -0.1) is 0 Å². The van der Waals surface area contributed by atoms with E-state index in [0.29, 0.717) is 19.8 Å². The molecule has 1 aromatic carbocycles. The lowest BCUT2D eigenvalue weighted by atomic mass is 10.2. The SMILES string of the molecule is NC/C=C/c1ccc(OC2COC2)cc1. The van der Waals surface area contributed by atoms with E-state index in [1.807, 2.05) is 36.4 Å². The van der Waals surface area contributed by atoms with Crippen LogP contribution in [0.2, 0.25) is 0 Å². The highest BCUT2D eigenvalue weighted by atomic mass is 16.6. The first-order valence-corrected chi connectivity index (χ1v) is 5.09. The summed E-state index contributed by atoms with van der Waals surface area (Å²) in [4.78, 5) is 0. The van der Waals surface area contributed by atoms with Gasteiger partial charge in [-0.25, -0.2) is 0 Å². The average molecular weight is 205 g/mol. The molecular weight excluding hydrogens is 190 g/mol. The first-order valence-electron chi connectivity index (χ1n) is 5.09. The second-order valence-electron chi connectivity index (χ2n) is 3.48. The molecular formula is C12H15NO2. The van der Waals surface area contributed by atoms with Crippen molar-refractivity contribution in [3.8, 4) is 5.75 Å². The van der Waals surface area contributed by atoms with Crippen LogP contribution in [0.4, 0.5) is 0 Å². The fourth-order valence-electron chi connectivity index (χ4n) is 1.34. The van der Waals surface area contributed by atoms with E-state index in [1.165, 1.54) is 0 Å². The van der Waals surface area contributed by atoms with Gasteiger partial charge in [-0.3, -0.25) is 0 Å². The van der Waals surface area contributed by atoms with Crippen molar-refractivity contribution in [1.82, 2.24) is 0 Å². The van der Waals surface area contributed by atoms with Crippen molar-refractivity contribution >= 4 is 6.08 Å². The number of ether oxygens (including phenoxy) is 2. The highest BCUT2D eigenvalue weighted by molar-refractivity contribution is 5.50. The standard InChI is InChI=1S/C12H15NO2/c13-7-1-2-10-3-5-11(6-4-10)15-12-8-14-9-12/h1-6,12H,7-9,13H2/b2-1+. The van der Waals surface area contributed by atoms with Gasteiger partial charge in [-0.1, -0.05) is 24.3 Å². The van der Waals surface area contributed by atoms with Crippen LogP contribution in [0.15, 0.2) is 30.3 Å². The minimum atomic E-state index is 0.232. The normalized spacial score (nSPS) is 16.6. The molecule has 0 radical (unpaired) electrons. The molecule has 1 aliphatic rings. The maximum absolute atomic E-state index is 5.64. The van der Waals surface area contributed by atoms with E-state index in [0.717, 1.165) is 11.3 Å². The van der Waals surface area contributed by atoms with Gasteiger partial charge in [-0.2, -0.15) is 0 Å². The zero-order valence-corrected chi connectivity index (χ0v) is 8.56. The number of nitrogens with two attached hydrogens (primary N) is 1. The van der Waals surface area contributed by atoms with Gasteiger partial charge < -0.3 is 15.2 Å². The molecule has 0 amide bonds. The number of rotatable bonds is 4. The molecule has 2 N–H and O–H groups in total. The van der Waals surface area contributed by atoms with Crippen molar-refractivity contribution in [3.05, 3.63) is 35.9 Å². The molecule has 1 heterocycles. The van der Waals surface area contributed by atoms with Crippen molar-refractivity contribution in [2.24, 2.45) is 5.73 Å². The first kappa shape index (κ1) is 10.2. The van der Waals surface area contributed by atoms with Crippen LogP contribution in [0.3, 0.4) is 0 Å². The fourth-order valence-corrected chi connectivity index (χ4v) is 1.34. The van der Waals surface area contributed by atoms with Gasteiger partial charge in [0, 0.05) is 6.54 Å². The summed E-state index contributed by atoms with van der Waals surface area (Å²) in [7, 11) is 0. The predicted molar refractivity (Wildman–Crippen MR) is 59.8 cm³/mol. The molecule has 2 rings (SSSR count). The Kier molecular flexibility index (Phi) is 3.37. The molecule has 80 valence electrons. The summed E-state index contributed by atoms with van der Waals surface area (Å²) >= 11 is 0. The first-order chi connectivity index (χ1) is 7.38. The Bertz CT molecular complexity index is 328. The minimum absolute atomic E-state index is 0.232. The Morgan fingerprint density at radius 1 is 1.33 bits per heavy atom. The van der Waals surface area contributed by atoms with Gasteiger partial charge in [0.25, 0.3) is 0 Å². The van der Waals surface area contributed by atoms with Crippen molar-refractivity contribution in [1.29, 1.82) is 0 Å². The Labute approximate surface area is 89.5 Å². The van der Waals surface area contributed by atoms with Crippen LogP contribution < -0.4 is 10.5 Å². The van der Waals surface area contributed by atoms with Gasteiger partial charge in [0.15, 0.2) is 0 Å². The monoisotopic (exact) mass is 205 g/mol. The molecule has 1 aromatic rings. The third-order valence-corrected chi connectivity index (χ3v) is 2.24. The van der Waals surface area contributed by atoms with Gasteiger partial charge in [0.05, 0.1) is 13.2 Å². The average Bonchev–Trinajstić information content (AvgIpc) is 2.22. The predicted octanol–water partition coefficient (Wildman–Crippen LogP) is 1.44. The van der Waals surface area contributed by atoms with Crippen LogP contribution in [-0.4, -0.2) is 25.9 Å². The quantitative estimate of drug-likeness (QED) is 0.808. The van der Waals surface area contributed by atoms with Crippen LogP contribution in [0, 0.1) is 0 Å². The molecule has 3 nitrogen and oxygen atoms in total. The van der Waals surface area contributed by atoms with Gasteiger partial charge in [-0.05, 0) is 17.7 Å². The number of hydrogen-bond acceptors (Lipinski definition) is 3. The summed E-state index contributed by atoms with van der Waals surface area (Å²) in [5, 5.41) is 0. The number of hydrogen-bond donors (Lipinski definition) is 1. The largest absolute Gasteiger partial charge is 0.486 e. The molecule has 0 bridgehead atoms. The molecule has 0 atom stereocenters. The molecule has 0 unspecified atom stereocenters. The molecule has 3 heteroatoms. The lowest BCUT2D eigenvalue weighted by Gasteiger charge is -2.26. The van der Waals surface area contributed by atoms with Crippen molar-refractivity contribution in [3.63, 3.8) is 0 Å². The zero-order valence-electron chi connectivity index (χ0n) is 8.56. The molecule has 0 saturated carbocycles. The number of benzene rings is 1. The molecule has 15 heavy (non-hydrogen) atoms. The van der Waals surface area contributed by atoms with E-state index in [1.54, 1.807) is 0 Å². The zero-order chi connectivity index (χ0) is 10.5. The second-order valence-corrected chi connectivity index (χ2v) is 3.48. The summed E-state index contributed by atoms with van der Waals surface area (Å²) in [5.41, 5.74) is 6.51. The maximum atomic E-state index is 5.64. The van der Waals surface area contributed by atoms with Crippen molar-refractivity contribution < 1.29 is 9.47 Å². The Balaban J connectivity index is 1.93. The van der Waals surface area contributed by atoms with Crippen LogP contribution >= 0.6 is 0 Å². The van der Waals surface area contributed by atoms with Gasteiger partial charge in [0.1, 0.15) is 11.9 Å². The summed E-state index contributed by atoms with van der Waals surface area (Å²) in [5.74, 6) is 0.896. The van der Waals surface area contributed by atoms with E-state index in [-0.39, 0.29) is 6.10 Å². The van der Waals surface area contributed by atoms with E-state index in [9.17, 15) is 0 Å². The third kappa shape index (κ3) is 2.81. The van der Waals surface area contributed by atoms with Crippen LogP contribution in [0.25, 0.3) is 6.08 Å². The maximum Gasteiger partial charge on any atom is 0.145 e. The lowest BCUT2D eigenvalue weighted by Crippen LogP contribution is -2.38. The second kappa shape index (κ2) is 4.96. The molecule has 0 aromatic heterocycles. The Morgan fingerprint density at radius 3 is 2.60 bits per heavy atom. The summed E-state index contributed by atoms with van der Waals surface area (Å²) in [6.45, 7) is 1.97. The van der Waals surface area contributed by atoms with Crippen LogP contribution in [0.1, 0.15) is 5.56 Å². The van der Waals surface area contributed by atoms with E-state index >= 15 is 0 Å². The van der Waals surface area contributed by atoms with Crippen molar-refractivity contribution in [2.45, 2.75) is 6.10 Å². The molecule has 1 fully saturated rings. The fraction of sp³-hybridized carbons (Fsp3) is 0.333. The molecule has 0 spiro atoms. The van der Waals surface area contributed by atoms with Gasteiger partial charge >= 0.3 is 0 Å². The molecule has 0 aliphatic carbocycles. The Morgan fingerprint density at radius 2 is 2.07 bits per heavy atom. The Hall–Kier alpha value is -1.32. The minimum Gasteiger partial charge on any atom is -0.486 e. The molecule has 1 saturated heterocycles. The van der Waals surface area contributed by atoms with E-state index < -0.39 is 0 Å². The van der Waals surface area contributed by atoms with E-state index in [4.69, 9.17) is 15.2 Å². The topological polar surface area (TPSA) is 44.5 Å². The summed E-state index contributed by atoms with van der Waals surface area (Å²) in [6.07, 6.45) is 4.15. The lowest BCUT2D eigenvalue weighted by molar-refractivity contribution is -0.0796. The molecule has 1 aliphatic heterocycles. The van der Waals surface area contributed by atoms with E-state index in [2.05, 4.69) is 0 Å². The van der Waals surface area contributed by atoms with Crippen molar-refractivity contribution in [2.75, 3.05) is 19.8 Å². The highest BCUT2D eigenvalue weighted by Crippen LogP contribution is 2.17. The highest BCUT2D eigenvalue weighted by Gasteiger charge is 2.19. The van der Waals surface area contributed by atoms with Gasteiger partial charge in [0.2, 0.25) is 0 Å².